The summed E-state index contributed by atoms with van der Waals surface area (Å²) in [7, 11) is 0. The molecule has 28 heavy (non-hydrogen) atoms. The van der Waals surface area contributed by atoms with E-state index in [0.717, 1.165) is 30.0 Å². The zero-order chi connectivity index (χ0) is 19.9. The number of allylic oxidation sites excluding steroid dienone is 1. The van der Waals surface area contributed by atoms with Crippen molar-refractivity contribution in [1.82, 2.24) is 9.97 Å². The molecule has 0 aliphatic rings. The number of nitrogens with zero attached hydrogens (tertiary/aromatic N) is 2. The van der Waals surface area contributed by atoms with Gasteiger partial charge in [-0.2, -0.15) is 0 Å². The van der Waals surface area contributed by atoms with E-state index in [9.17, 15) is 0 Å². The summed E-state index contributed by atoms with van der Waals surface area (Å²) >= 11 is 0. The Morgan fingerprint density at radius 1 is 0.786 bits per heavy atom. The highest BCUT2D eigenvalue weighted by molar-refractivity contribution is 5.55. The number of hydrogen-bond donors (Lipinski definition) is 0. The molecule has 0 saturated carbocycles. The standard InChI is InChI=1S/C25H36N2O/c1-3-5-7-9-11-13-19-28-24-17-15-23(16-18-24)25-26-20-22(21-27-25)14-12-10-8-6-4-2/h9,11,15-18,20-21H,3-8,10,12-14,19H2,1-2H3/b11-9-. The van der Waals surface area contributed by atoms with Gasteiger partial charge in [0.25, 0.3) is 0 Å². The average molecular weight is 381 g/mol. The predicted molar refractivity (Wildman–Crippen MR) is 119 cm³/mol. The molecular weight excluding hydrogens is 344 g/mol. The highest BCUT2D eigenvalue weighted by Gasteiger charge is 2.03. The van der Waals surface area contributed by atoms with Gasteiger partial charge in [0.15, 0.2) is 5.82 Å². The fourth-order valence-corrected chi connectivity index (χ4v) is 3.07. The summed E-state index contributed by atoms with van der Waals surface area (Å²) in [6.07, 6.45) is 20.6. The number of ether oxygens (including phenoxy) is 1. The Hall–Kier alpha value is -2.16. The quantitative estimate of drug-likeness (QED) is 0.257. The molecule has 0 radical (unpaired) electrons. The third kappa shape index (κ3) is 8.69. The molecule has 3 nitrogen and oxygen atoms in total. The minimum Gasteiger partial charge on any atom is -0.493 e. The summed E-state index contributed by atoms with van der Waals surface area (Å²) in [5.74, 6) is 1.68. The van der Waals surface area contributed by atoms with Crippen LogP contribution in [0.2, 0.25) is 0 Å². The molecule has 2 aromatic rings. The molecule has 0 aliphatic heterocycles. The molecule has 0 fully saturated rings. The van der Waals surface area contributed by atoms with E-state index in [0.29, 0.717) is 6.61 Å². The molecular formula is C25H36N2O. The summed E-state index contributed by atoms with van der Waals surface area (Å²) in [5.41, 5.74) is 2.26. The molecule has 0 saturated heterocycles. The smallest absolute Gasteiger partial charge is 0.159 e. The van der Waals surface area contributed by atoms with Gasteiger partial charge >= 0.3 is 0 Å². The van der Waals surface area contributed by atoms with Gasteiger partial charge in [-0.15, -0.1) is 0 Å². The zero-order valence-electron chi connectivity index (χ0n) is 17.7. The van der Waals surface area contributed by atoms with Gasteiger partial charge in [-0.05, 0) is 55.5 Å². The van der Waals surface area contributed by atoms with Crippen molar-refractivity contribution < 1.29 is 4.74 Å². The van der Waals surface area contributed by atoms with Gasteiger partial charge in [0.05, 0.1) is 6.61 Å². The third-order valence-corrected chi connectivity index (χ3v) is 4.83. The van der Waals surface area contributed by atoms with Crippen LogP contribution in [0.15, 0.2) is 48.8 Å². The maximum absolute atomic E-state index is 5.80. The lowest BCUT2D eigenvalue weighted by Crippen LogP contribution is -1.96. The molecule has 1 aromatic carbocycles. The fourth-order valence-electron chi connectivity index (χ4n) is 3.07. The molecule has 3 heteroatoms. The summed E-state index contributed by atoms with van der Waals surface area (Å²) in [6, 6.07) is 8.07. The SMILES string of the molecule is CCCC/C=C\CCOc1ccc(-c2ncc(CCCCCCC)cn2)cc1. The van der Waals surface area contributed by atoms with E-state index in [-0.39, 0.29) is 0 Å². The van der Waals surface area contributed by atoms with Crippen molar-refractivity contribution in [3.8, 4) is 17.1 Å². The second-order valence-corrected chi connectivity index (χ2v) is 7.35. The van der Waals surface area contributed by atoms with Crippen molar-refractivity contribution in [1.29, 1.82) is 0 Å². The molecule has 0 atom stereocenters. The first-order valence-electron chi connectivity index (χ1n) is 11.0. The normalized spacial score (nSPS) is 11.2. The fraction of sp³-hybridized carbons (Fsp3) is 0.520. The first kappa shape index (κ1) is 22.1. The van der Waals surface area contributed by atoms with Gasteiger partial charge in [0.2, 0.25) is 0 Å². The highest BCUT2D eigenvalue weighted by Crippen LogP contribution is 2.19. The number of aryl methyl sites for hydroxylation is 1. The number of rotatable bonds is 14. The van der Waals surface area contributed by atoms with E-state index < -0.39 is 0 Å². The minimum absolute atomic E-state index is 0.714. The summed E-state index contributed by atoms with van der Waals surface area (Å²) in [5, 5.41) is 0. The lowest BCUT2D eigenvalue weighted by atomic mass is 10.1. The van der Waals surface area contributed by atoms with Crippen LogP contribution in [-0.2, 0) is 6.42 Å². The molecule has 0 amide bonds. The second kappa shape index (κ2) is 13.9. The number of unbranched alkanes of at least 4 members (excludes halogenated alkanes) is 6. The summed E-state index contributed by atoms with van der Waals surface area (Å²) in [4.78, 5) is 9.09. The van der Waals surface area contributed by atoms with Crippen LogP contribution in [0.3, 0.4) is 0 Å². The van der Waals surface area contributed by atoms with Crippen LogP contribution < -0.4 is 4.74 Å². The lowest BCUT2D eigenvalue weighted by Gasteiger charge is -2.06. The van der Waals surface area contributed by atoms with Crippen LogP contribution in [0.1, 0.15) is 77.2 Å². The Kier molecular flexibility index (Phi) is 11.0. The van der Waals surface area contributed by atoms with Crippen molar-refractivity contribution in [3.05, 3.63) is 54.4 Å². The van der Waals surface area contributed by atoms with E-state index in [2.05, 4.69) is 36.0 Å². The second-order valence-electron chi connectivity index (χ2n) is 7.35. The summed E-state index contributed by atoms with van der Waals surface area (Å²) < 4.78 is 5.80. The molecule has 0 spiro atoms. The topological polar surface area (TPSA) is 35.0 Å². The monoisotopic (exact) mass is 380 g/mol. The predicted octanol–water partition coefficient (Wildman–Crippen LogP) is 7.17. The molecule has 0 unspecified atom stereocenters. The molecule has 0 bridgehead atoms. The molecule has 0 aliphatic carbocycles. The number of aromatic nitrogens is 2. The Morgan fingerprint density at radius 3 is 2.18 bits per heavy atom. The minimum atomic E-state index is 0.714. The molecule has 1 aromatic heterocycles. The van der Waals surface area contributed by atoms with Crippen LogP contribution in [0.25, 0.3) is 11.4 Å². The summed E-state index contributed by atoms with van der Waals surface area (Å²) in [6.45, 7) is 5.18. The molecule has 2 rings (SSSR count). The van der Waals surface area contributed by atoms with Gasteiger partial charge in [-0.25, -0.2) is 9.97 Å². The van der Waals surface area contributed by atoms with Crippen molar-refractivity contribution in [3.63, 3.8) is 0 Å². The molecule has 152 valence electrons. The lowest BCUT2D eigenvalue weighted by molar-refractivity contribution is 0.325. The van der Waals surface area contributed by atoms with Gasteiger partial charge in [0.1, 0.15) is 5.75 Å². The van der Waals surface area contributed by atoms with Crippen LogP contribution in [0.4, 0.5) is 0 Å². The molecule has 0 N–H and O–H groups in total. The zero-order valence-corrected chi connectivity index (χ0v) is 17.7. The largest absolute Gasteiger partial charge is 0.493 e. The Morgan fingerprint density at radius 2 is 1.46 bits per heavy atom. The van der Waals surface area contributed by atoms with Crippen LogP contribution in [0.5, 0.6) is 5.75 Å². The van der Waals surface area contributed by atoms with E-state index in [1.54, 1.807) is 0 Å². The van der Waals surface area contributed by atoms with Crippen molar-refractivity contribution in [2.75, 3.05) is 6.61 Å². The van der Waals surface area contributed by atoms with Crippen LogP contribution in [0, 0.1) is 0 Å². The van der Waals surface area contributed by atoms with Crippen molar-refractivity contribution in [2.24, 2.45) is 0 Å². The third-order valence-electron chi connectivity index (χ3n) is 4.83. The van der Waals surface area contributed by atoms with Crippen LogP contribution in [-0.4, -0.2) is 16.6 Å². The Bertz CT molecular complexity index is 662. The first-order chi connectivity index (χ1) is 13.8. The van der Waals surface area contributed by atoms with Gasteiger partial charge in [-0.1, -0.05) is 64.5 Å². The average Bonchev–Trinajstić information content (AvgIpc) is 2.74. The van der Waals surface area contributed by atoms with E-state index in [1.807, 2.05) is 36.7 Å². The molecule has 1 heterocycles. The Labute approximate surface area is 171 Å². The number of benzene rings is 1. The van der Waals surface area contributed by atoms with Gasteiger partial charge < -0.3 is 4.74 Å². The maximum atomic E-state index is 5.80. The van der Waals surface area contributed by atoms with Gasteiger partial charge in [-0.3, -0.25) is 0 Å². The van der Waals surface area contributed by atoms with Crippen LogP contribution >= 0.6 is 0 Å². The van der Waals surface area contributed by atoms with Crippen molar-refractivity contribution in [2.45, 2.75) is 78.1 Å². The number of hydrogen-bond acceptors (Lipinski definition) is 3. The van der Waals surface area contributed by atoms with Crippen molar-refractivity contribution >= 4 is 0 Å². The Balaban J connectivity index is 1.74. The highest BCUT2D eigenvalue weighted by atomic mass is 16.5. The van der Waals surface area contributed by atoms with E-state index in [1.165, 1.54) is 56.9 Å². The van der Waals surface area contributed by atoms with E-state index >= 15 is 0 Å². The maximum Gasteiger partial charge on any atom is 0.159 e. The van der Waals surface area contributed by atoms with E-state index in [4.69, 9.17) is 4.74 Å². The van der Waals surface area contributed by atoms with Gasteiger partial charge in [0, 0.05) is 18.0 Å². The first-order valence-corrected chi connectivity index (χ1v) is 11.0.